The van der Waals surface area contributed by atoms with Crippen LogP contribution in [0.5, 0.6) is 0 Å². The van der Waals surface area contributed by atoms with E-state index in [9.17, 15) is 9.59 Å². The van der Waals surface area contributed by atoms with Gasteiger partial charge in [0, 0.05) is 29.7 Å². The SMILES string of the molecule is CC(C)(C)OC(=O)N1CCC[C@@H](C(=O)NCc2cc(Cl)ccc2Cl)C1. The van der Waals surface area contributed by atoms with Gasteiger partial charge in [-0.3, -0.25) is 4.79 Å². The molecule has 7 heteroatoms. The Kier molecular flexibility index (Phi) is 6.58. The number of nitrogens with one attached hydrogen (secondary N) is 1. The van der Waals surface area contributed by atoms with E-state index >= 15 is 0 Å². The van der Waals surface area contributed by atoms with E-state index in [-0.39, 0.29) is 17.9 Å². The first-order valence-electron chi connectivity index (χ1n) is 8.35. The van der Waals surface area contributed by atoms with Crippen molar-refractivity contribution in [1.82, 2.24) is 10.2 Å². The van der Waals surface area contributed by atoms with Crippen LogP contribution in [-0.2, 0) is 16.1 Å². The number of ether oxygens (including phenoxy) is 1. The van der Waals surface area contributed by atoms with Crippen molar-refractivity contribution in [2.45, 2.75) is 45.8 Å². The van der Waals surface area contributed by atoms with Gasteiger partial charge >= 0.3 is 6.09 Å². The zero-order valence-electron chi connectivity index (χ0n) is 14.8. The predicted molar refractivity (Wildman–Crippen MR) is 98.8 cm³/mol. The maximum Gasteiger partial charge on any atom is 0.410 e. The molecule has 1 atom stereocenters. The fraction of sp³-hybridized carbons (Fsp3) is 0.556. The number of carbonyl (C=O) groups is 2. The average molecular weight is 387 g/mol. The number of amides is 2. The topological polar surface area (TPSA) is 58.6 Å². The average Bonchev–Trinajstić information content (AvgIpc) is 2.54. The Hall–Kier alpha value is -1.46. The van der Waals surface area contributed by atoms with Crippen LogP contribution < -0.4 is 5.32 Å². The lowest BCUT2D eigenvalue weighted by Gasteiger charge is -2.33. The van der Waals surface area contributed by atoms with Gasteiger partial charge in [0.1, 0.15) is 5.60 Å². The highest BCUT2D eigenvalue weighted by Gasteiger charge is 2.30. The summed E-state index contributed by atoms with van der Waals surface area (Å²) in [5, 5.41) is 4.01. The van der Waals surface area contributed by atoms with Crippen LogP contribution in [0.4, 0.5) is 4.79 Å². The van der Waals surface area contributed by atoms with Crippen LogP contribution >= 0.6 is 23.2 Å². The van der Waals surface area contributed by atoms with Gasteiger partial charge in [-0.1, -0.05) is 23.2 Å². The number of nitrogens with zero attached hydrogens (tertiary/aromatic N) is 1. The van der Waals surface area contributed by atoms with E-state index in [1.165, 1.54) is 0 Å². The number of rotatable bonds is 3. The van der Waals surface area contributed by atoms with Crippen LogP contribution in [0.1, 0.15) is 39.2 Å². The normalized spacial score (nSPS) is 18.0. The van der Waals surface area contributed by atoms with Gasteiger partial charge < -0.3 is 15.0 Å². The summed E-state index contributed by atoms with van der Waals surface area (Å²) in [6.07, 6.45) is 1.15. The highest BCUT2D eigenvalue weighted by Crippen LogP contribution is 2.22. The Labute approximate surface area is 158 Å². The van der Waals surface area contributed by atoms with E-state index < -0.39 is 5.60 Å². The minimum atomic E-state index is -0.546. The molecule has 1 aromatic rings. The molecule has 1 N–H and O–H groups in total. The summed E-state index contributed by atoms with van der Waals surface area (Å²) in [6, 6.07) is 5.14. The standard InChI is InChI=1S/C18H24Cl2N2O3/c1-18(2,3)25-17(24)22-8-4-5-12(11-22)16(23)21-10-13-9-14(19)6-7-15(13)20/h6-7,9,12H,4-5,8,10-11H2,1-3H3,(H,21,23)/t12-/m1/s1. The summed E-state index contributed by atoms with van der Waals surface area (Å²) in [5.74, 6) is -0.344. The molecule has 5 nitrogen and oxygen atoms in total. The molecule has 0 aromatic heterocycles. The highest BCUT2D eigenvalue weighted by atomic mass is 35.5. The van der Waals surface area contributed by atoms with E-state index in [1.54, 1.807) is 23.1 Å². The molecular formula is C18H24Cl2N2O3. The number of benzene rings is 1. The quantitative estimate of drug-likeness (QED) is 0.843. The Morgan fingerprint density at radius 1 is 1.32 bits per heavy atom. The summed E-state index contributed by atoms with van der Waals surface area (Å²) in [5.41, 5.74) is 0.220. The first-order valence-corrected chi connectivity index (χ1v) is 9.11. The molecule has 0 aliphatic carbocycles. The fourth-order valence-electron chi connectivity index (χ4n) is 2.69. The molecule has 0 radical (unpaired) electrons. The Bertz CT molecular complexity index is 644. The summed E-state index contributed by atoms with van der Waals surface area (Å²) in [6.45, 7) is 6.76. The van der Waals surface area contributed by atoms with E-state index in [4.69, 9.17) is 27.9 Å². The van der Waals surface area contributed by atoms with Crippen LogP contribution in [0.2, 0.25) is 10.0 Å². The molecule has 0 bridgehead atoms. The molecule has 0 unspecified atom stereocenters. The minimum absolute atomic E-state index is 0.0932. The monoisotopic (exact) mass is 386 g/mol. The van der Waals surface area contributed by atoms with E-state index in [0.717, 1.165) is 18.4 Å². The molecule has 1 aliphatic heterocycles. The Morgan fingerprint density at radius 2 is 2.04 bits per heavy atom. The maximum atomic E-state index is 12.5. The van der Waals surface area contributed by atoms with Crippen LogP contribution in [0.3, 0.4) is 0 Å². The third-order valence-corrected chi connectivity index (χ3v) is 4.51. The summed E-state index contributed by atoms with van der Waals surface area (Å²) >= 11 is 12.1. The summed E-state index contributed by atoms with van der Waals surface area (Å²) in [4.78, 5) is 26.2. The molecule has 25 heavy (non-hydrogen) atoms. The zero-order valence-corrected chi connectivity index (χ0v) is 16.3. The molecule has 0 saturated carbocycles. The summed E-state index contributed by atoms with van der Waals surface area (Å²) in [7, 11) is 0. The van der Waals surface area contributed by atoms with Crippen molar-refractivity contribution >= 4 is 35.2 Å². The second-order valence-corrected chi connectivity index (χ2v) is 8.06. The van der Waals surface area contributed by atoms with Crippen molar-refractivity contribution in [3.8, 4) is 0 Å². The molecule has 2 amide bonds. The van der Waals surface area contributed by atoms with Crippen molar-refractivity contribution < 1.29 is 14.3 Å². The number of carbonyl (C=O) groups excluding carboxylic acids is 2. The Morgan fingerprint density at radius 3 is 2.72 bits per heavy atom. The van der Waals surface area contributed by atoms with Crippen molar-refractivity contribution in [2.24, 2.45) is 5.92 Å². The van der Waals surface area contributed by atoms with Gasteiger partial charge in [-0.25, -0.2) is 4.79 Å². The fourth-order valence-corrected chi connectivity index (χ4v) is 3.07. The largest absolute Gasteiger partial charge is 0.444 e. The van der Waals surface area contributed by atoms with Gasteiger partial charge in [0.05, 0.1) is 5.92 Å². The van der Waals surface area contributed by atoms with Gasteiger partial charge in [0.2, 0.25) is 5.91 Å². The maximum absolute atomic E-state index is 12.5. The Balaban J connectivity index is 1.91. The van der Waals surface area contributed by atoms with Crippen LogP contribution in [0.25, 0.3) is 0 Å². The minimum Gasteiger partial charge on any atom is -0.444 e. The van der Waals surface area contributed by atoms with E-state index in [0.29, 0.717) is 29.7 Å². The molecule has 0 spiro atoms. The van der Waals surface area contributed by atoms with E-state index in [1.807, 2.05) is 20.8 Å². The van der Waals surface area contributed by atoms with Crippen molar-refractivity contribution in [1.29, 1.82) is 0 Å². The molecule has 1 saturated heterocycles. The second-order valence-electron chi connectivity index (χ2n) is 7.22. The second kappa shape index (κ2) is 8.28. The third kappa shape index (κ3) is 6.08. The van der Waals surface area contributed by atoms with Gasteiger partial charge in [-0.2, -0.15) is 0 Å². The third-order valence-electron chi connectivity index (χ3n) is 3.90. The van der Waals surface area contributed by atoms with Crippen LogP contribution in [0.15, 0.2) is 18.2 Å². The van der Waals surface area contributed by atoms with E-state index in [2.05, 4.69) is 5.32 Å². The highest BCUT2D eigenvalue weighted by molar-refractivity contribution is 6.33. The number of halogens is 2. The molecule has 1 aromatic carbocycles. The first-order chi connectivity index (χ1) is 11.7. The lowest BCUT2D eigenvalue weighted by molar-refractivity contribution is -0.126. The smallest absolute Gasteiger partial charge is 0.410 e. The van der Waals surface area contributed by atoms with Gasteiger partial charge in [-0.05, 0) is 57.4 Å². The summed E-state index contributed by atoms with van der Waals surface area (Å²) < 4.78 is 5.39. The lowest BCUT2D eigenvalue weighted by Crippen LogP contribution is -2.46. The van der Waals surface area contributed by atoms with Gasteiger partial charge in [-0.15, -0.1) is 0 Å². The molecular weight excluding hydrogens is 363 g/mol. The predicted octanol–water partition coefficient (Wildman–Crippen LogP) is 4.26. The van der Waals surface area contributed by atoms with Gasteiger partial charge in [0.15, 0.2) is 0 Å². The van der Waals surface area contributed by atoms with Crippen molar-refractivity contribution in [3.05, 3.63) is 33.8 Å². The number of hydrogen-bond acceptors (Lipinski definition) is 3. The lowest BCUT2D eigenvalue weighted by atomic mass is 9.97. The zero-order chi connectivity index (χ0) is 18.6. The molecule has 1 heterocycles. The molecule has 1 aliphatic rings. The molecule has 1 fully saturated rings. The van der Waals surface area contributed by atoms with Crippen molar-refractivity contribution in [2.75, 3.05) is 13.1 Å². The number of piperidine rings is 1. The molecule has 2 rings (SSSR count). The molecule has 138 valence electrons. The first kappa shape index (κ1) is 19.9. The van der Waals surface area contributed by atoms with Crippen LogP contribution in [0, 0.1) is 5.92 Å². The van der Waals surface area contributed by atoms with Gasteiger partial charge in [0.25, 0.3) is 0 Å². The van der Waals surface area contributed by atoms with Crippen LogP contribution in [-0.4, -0.2) is 35.6 Å². The number of hydrogen-bond donors (Lipinski definition) is 1. The number of likely N-dealkylation sites (tertiary alicyclic amines) is 1. The van der Waals surface area contributed by atoms with Crippen molar-refractivity contribution in [3.63, 3.8) is 0 Å².